The van der Waals surface area contributed by atoms with Crippen molar-refractivity contribution in [1.82, 2.24) is 0 Å². The number of rotatable bonds is 7. The molecule has 0 aliphatic rings. The maximum Gasteiger partial charge on any atom is 0.228 e. The summed E-state index contributed by atoms with van der Waals surface area (Å²) >= 11 is 1.75. The van der Waals surface area contributed by atoms with E-state index in [1.807, 2.05) is 24.3 Å². The van der Waals surface area contributed by atoms with Crippen molar-refractivity contribution in [2.24, 2.45) is 0 Å². The highest BCUT2D eigenvalue weighted by atomic mass is 32.2. The molecule has 2 aromatic rings. The van der Waals surface area contributed by atoms with Gasteiger partial charge in [-0.3, -0.25) is 4.79 Å². The van der Waals surface area contributed by atoms with Crippen LogP contribution in [0.2, 0.25) is 0 Å². The monoisotopic (exact) mass is 359 g/mol. The van der Waals surface area contributed by atoms with E-state index in [1.165, 1.54) is 17.0 Å². The summed E-state index contributed by atoms with van der Waals surface area (Å²) in [7, 11) is 0. The van der Waals surface area contributed by atoms with E-state index in [2.05, 4.69) is 12.2 Å². The number of thioether (sulfide) groups is 1. The van der Waals surface area contributed by atoms with Crippen molar-refractivity contribution in [2.45, 2.75) is 37.5 Å². The molecule has 0 unspecified atom stereocenters. The standard InChI is InChI=1S/C20H22FNO2S/c1-4-25-16-8-5-14(6-9-16)11-19(24)22-15-7-10-17(18(21)12-15)20(2,3)13-23/h5-10,12-13H,4,11H2,1-3H3,(H,22,24). The lowest BCUT2D eigenvalue weighted by atomic mass is 9.86. The summed E-state index contributed by atoms with van der Waals surface area (Å²) in [6.07, 6.45) is 0.935. The van der Waals surface area contributed by atoms with Crippen molar-refractivity contribution in [3.05, 3.63) is 59.4 Å². The second-order valence-corrected chi connectivity index (χ2v) is 7.67. The molecule has 0 saturated carbocycles. The molecule has 0 atom stereocenters. The lowest BCUT2D eigenvalue weighted by Gasteiger charge is -2.18. The first-order valence-electron chi connectivity index (χ1n) is 8.13. The molecule has 0 fully saturated rings. The van der Waals surface area contributed by atoms with E-state index < -0.39 is 11.2 Å². The molecule has 0 radical (unpaired) electrons. The third-order valence-corrected chi connectivity index (χ3v) is 4.73. The third-order valence-electron chi connectivity index (χ3n) is 3.84. The van der Waals surface area contributed by atoms with Gasteiger partial charge in [-0.15, -0.1) is 11.8 Å². The Morgan fingerprint density at radius 3 is 2.44 bits per heavy atom. The Morgan fingerprint density at radius 2 is 1.88 bits per heavy atom. The first kappa shape index (κ1) is 19.2. The predicted molar refractivity (Wildman–Crippen MR) is 101 cm³/mol. The molecule has 1 N–H and O–H groups in total. The van der Waals surface area contributed by atoms with Gasteiger partial charge in [0.2, 0.25) is 5.91 Å². The SMILES string of the molecule is CCSc1ccc(CC(=O)Nc2ccc(C(C)(C)C=O)c(F)c2)cc1. The van der Waals surface area contributed by atoms with E-state index in [1.54, 1.807) is 31.7 Å². The summed E-state index contributed by atoms with van der Waals surface area (Å²) in [6.45, 7) is 5.39. The number of aldehydes is 1. The van der Waals surface area contributed by atoms with Crippen molar-refractivity contribution in [2.75, 3.05) is 11.1 Å². The molecule has 3 nitrogen and oxygen atoms in total. The number of carbonyl (C=O) groups is 2. The zero-order valence-corrected chi connectivity index (χ0v) is 15.5. The van der Waals surface area contributed by atoms with E-state index in [0.29, 0.717) is 17.5 Å². The van der Waals surface area contributed by atoms with Gasteiger partial charge in [-0.1, -0.05) is 25.1 Å². The molecule has 25 heavy (non-hydrogen) atoms. The quantitative estimate of drug-likeness (QED) is 0.581. The molecule has 0 saturated heterocycles. The number of hydrogen-bond acceptors (Lipinski definition) is 3. The molecule has 2 rings (SSSR count). The minimum absolute atomic E-state index is 0.210. The van der Waals surface area contributed by atoms with Crippen LogP contribution in [-0.4, -0.2) is 17.9 Å². The normalized spacial score (nSPS) is 11.2. The van der Waals surface area contributed by atoms with Gasteiger partial charge in [-0.25, -0.2) is 4.39 Å². The Balaban J connectivity index is 2.03. The lowest BCUT2D eigenvalue weighted by molar-refractivity contribution is -0.115. The Hall–Kier alpha value is -2.14. The molecule has 0 heterocycles. The molecular formula is C20H22FNO2S. The molecule has 0 spiro atoms. The van der Waals surface area contributed by atoms with Crippen LogP contribution in [0.25, 0.3) is 0 Å². The Kier molecular flexibility index (Phi) is 6.37. The minimum Gasteiger partial charge on any atom is -0.326 e. The molecule has 2 aromatic carbocycles. The second-order valence-electron chi connectivity index (χ2n) is 6.34. The molecule has 0 aliphatic carbocycles. The zero-order valence-electron chi connectivity index (χ0n) is 14.6. The van der Waals surface area contributed by atoms with E-state index in [-0.39, 0.29) is 12.3 Å². The van der Waals surface area contributed by atoms with Gasteiger partial charge < -0.3 is 10.1 Å². The van der Waals surface area contributed by atoms with Crippen molar-refractivity contribution >= 4 is 29.6 Å². The summed E-state index contributed by atoms with van der Waals surface area (Å²) < 4.78 is 14.2. The zero-order chi connectivity index (χ0) is 18.4. The van der Waals surface area contributed by atoms with Gasteiger partial charge in [0.1, 0.15) is 12.1 Å². The van der Waals surface area contributed by atoms with Crippen LogP contribution >= 0.6 is 11.8 Å². The fourth-order valence-corrected chi connectivity index (χ4v) is 3.10. The van der Waals surface area contributed by atoms with Crippen LogP contribution in [0.3, 0.4) is 0 Å². The van der Waals surface area contributed by atoms with Crippen LogP contribution in [0.15, 0.2) is 47.4 Å². The minimum atomic E-state index is -0.898. The van der Waals surface area contributed by atoms with E-state index >= 15 is 0 Å². The van der Waals surface area contributed by atoms with Gasteiger partial charge in [0.05, 0.1) is 6.42 Å². The van der Waals surface area contributed by atoms with Crippen LogP contribution < -0.4 is 5.32 Å². The molecule has 132 valence electrons. The van der Waals surface area contributed by atoms with Crippen LogP contribution in [0.1, 0.15) is 31.9 Å². The molecule has 5 heteroatoms. The van der Waals surface area contributed by atoms with Crippen LogP contribution in [-0.2, 0) is 21.4 Å². The van der Waals surface area contributed by atoms with Crippen molar-refractivity contribution < 1.29 is 14.0 Å². The summed E-state index contributed by atoms with van der Waals surface area (Å²) in [5.74, 6) is 0.288. The number of anilines is 1. The number of nitrogens with one attached hydrogen (secondary N) is 1. The number of halogens is 1. The van der Waals surface area contributed by atoms with E-state index in [0.717, 1.165) is 11.3 Å². The van der Waals surface area contributed by atoms with Crippen molar-refractivity contribution in [3.63, 3.8) is 0 Å². The van der Waals surface area contributed by atoms with Crippen LogP contribution in [0, 0.1) is 5.82 Å². The van der Waals surface area contributed by atoms with Gasteiger partial charge in [0, 0.05) is 21.6 Å². The topological polar surface area (TPSA) is 46.2 Å². The molecule has 1 amide bonds. The highest BCUT2D eigenvalue weighted by Gasteiger charge is 2.23. The maximum atomic E-state index is 14.2. The number of hydrogen-bond donors (Lipinski definition) is 1. The average molecular weight is 359 g/mol. The summed E-state index contributed by atoms with van der Waals surface area (Å²) in [5, 5.41) is 2.70. The van der Waals surface area contributed by atoms with E-state index in [9.17, 15) is 14.0 Å². The predicted octanol–water partition coefficient (Wildman–Crippen LogP) is 4.60. The second kappa shape index (κ2) is 8.30. The molecular weight excluding hydrogens is 337 g/mol. The fraction of sp³-hybridized carbons (Fsp3) is 0.300. The van der Waals surface area contributed by atoms with Gasteiger partial charge in [-0.2, -0.15) is 0 Å². The van der Waals surface area contributed by atoms with Crippen LogP contribution in [0.5, 0.6) is 0 Å². The Bertz CT molecular complexity index is 757. The first-order chi connectivity index (χ1) is 11.9. The van der Waals surface area contributed by atoms with Crippen molar-refractivity contribution in [1.29, 1.82) is 0 Å². The Morgan fingerprint density at radius 1 is 1.20 bits per heavy atom. The van der Waals surface area contributed by atoms with E-state index in [4.69, 9.17) is 0 Å². The average Bonchev–Trinajstić information content (AvgIpc) is 2.56. The summed E-state index contributed by atoms with van der Waals surface area (Å²) in [5.41, 5.74) is 0.693. The highest BCUT2D eigenvalue weighted by Crippen LogP contribution is 2.26. The lowest BCUT2D eigenvalue weighted by Crippen LogP contribution is -2.21. The highest BCUT2D eigenvalue weighted by molar-refractivity contribution is 7.99. The number of carbonyl (C=O) groups excluding carboxylic acids is 2. The Labute approximate surface area is 152 Å². The fourth-order valence-electron chi connectivity index (χ4n) is 2.44. The first-order valence-corrected chi connectivity index (χ1v) is 9.12. The largest absolute Gasteiger partial charge is 0.326 e. The maximum absolute atomic E-state index is 14.2. The summed E-state index contributed by atoms with van der Waals surface area (Å²) in [4.78, 5) is 24.4. The van der Waals surface area contributed by atoms with Crippen molar-refractivity contribution in [3.8, 4) is 0 Å². The van der Waals surface area contributed by atoms with Gasteiger partial charge in [0.25, 0.3) is 0 Å². The summed E-state index contributed by atoms with van der Waals surface area (Å²) in [6, 6.07) is 12.2. The van der Waals surface area contributed by atoms with Gasteiger partial charge in [0.15, 0.2) is 0 Å². The molecule has 0 bridgehead atoms. The third kappa shape index (κ3) is 5.16. The number of amides is 1. The van der Waals surface area contributed by atoms with Gasteiger partial charge in [-0.05, 0) is 49.4 Å². The van der Waals surface area contributed by atoms with Gasteiger partial charge >= 0.3 is 0 Å². The number of benzene rings is 2. The van der Waals surface area contributed by atoms with Crippen LogP contribution in [0.4, 0.5) is 10.1 Å². The molecule has 0 aromatic heterocycles. The molecule has 0 aliphatic heterocycles. The smallest absolute Gasteiger partial charge is 0.228 e.